The highest BCUT2D eigenvalue weighted by Crippen LogP contribution is 2.40. The summed E-state index contributed by atoms with van der Waals surface area (Å²) in [5.41, 5.74) is 1.15. The van der Waals surface area contributed by atoms with Gasteiger partial charge in [-0.2, -0.15) is 0 Å². The van der Waals surface area contributed by atoms with Crippen molar-refractivity contribution in [2.75, 3.05) is 20.3 Å². The van der Waals surface area contributed by atoms with Gasteiger partial charge in [0.25, 0.3) is 11.7 Å². The molecule has 0 radical (unpaired) electrons. The molecule has 2 unspecified atom stereocenters. The summed E-state index contributed by atoms with van der Waals surface area (Å²) in [5, 5.41) is 11.5. The van der Waals surface area contributed by atoms with Crippen LogP contribution in [0, 0.1) is 0 Å². The van der Waals surface area contributed by atoms with Gasteiger partial charge in [-0.3, -0.25) is 9.59 Å². The molecule has 2 aliphatic heterocycles. The molecule has 2 atom stereocenters. The van der Waals surface area contributed by atoms with Crippen LogP contribution < -0.4 is 4.74 Å². The Kier molecular flexibility index (Phi) is 5.79. The smallest absolute Gasteiger partial charge is 0.295 e. The number of methoxy groups -OCH3 is 1. The van der Waals surface area contributed by atoms with E-state index in [0.717, 1.165) is 18.4 Å². The number of carbonyl (C=O) groups is 2. The lowest BCUT2D eigenvalue weighted by atomic mass is 9.95. The number of ketones is 1. The molecular formula is C23H22ClNO5. The summed E-state index contributed by atoms with van der Waals surface area (Å²) in [6.07, 6.45) is 1.64. The van der Waals surface area contributed by atoms with Crippen LogP contribution in [0.25, 0.3) is 5.76 Å². The lowest BCUT2D eigenvalue weighted by molar-refractivity contribution is -0.140. The summed E-state index contributed by atoms with van der Waals surface area (Å²) in [4.78, 5) is 27.4. The molecular weight excluding hydrogens is 406 g/mol. The molecule has 156 valence electrons. The Labute approximate surface area is 179 Å². The number of benzene rings is 2. The van der Waals surface area contributed by atoms with Gasteiger partial charge in [0.15, 0.2) is 0 Å². The van der Waals surface area contributed by atoms with Gasteiger partial charge in [0.1, 0.15) is 11.5 Å². The van der Waals surface area contributed by atoms with E-state index < -0.39 is 17.7 Å². The molecule has 2 heterocycles. The highest BCUT2D eigenvalue weighted by molar-refractivity contribution is 6.46. The molecule has 6 nitrogen and oxygen atoms in total. The first-order chi connectivity index (χ1) is 14.5. The molecule has 2 fully saturated rings. The zero-order valence-corrected chi connectivity index (χ0v) is 17.3. The monoisotopic (exact) mass is 427 g/mol. The summed E-state index contributed by atoms with van der Waals surface area (Å²) in [6.45, 7) is 0.944. The Hall–Kier alpha value is -2.83. The van der Waals surface area contributed by atoms with E-state index in [-0.39, 0.29) is 17.4 Å². The number of nitrogens with zero attached hydrogens (tertiary/aromatic N) is 1. The second-order valence-electron chi connectivity index (χ2n) is 7.35. The molecule has 2 aromatic rings. The molecule has 7 heteroatoms. The Balaban J connectivity index is 1.82. The highest BCUT2D eigenvalue weighted by Gasteiger charge is 2.47. The van der Waals surface area contributed by atoms with Crippen LogP contribution >= 0.6 is 11.6 Å². The van der Waals surface area contributed by atoms with E-state index in [0.29, 0.717) is 29.5 Å². The molecule has 4 rings (SSSR count). The SMILES string of the molecule is COc1cc(/C(O)=C2/C(=O)C(=O)N(CC3CCCO3)C2c2ccccc2)ccc1Cl. The van der Waals surface area contributed by atoms with Crippen molar-refractivity contribution in [1.29, 1.82) is 0 Å². The van der Waals surface area contributed by atoms with Gasteiger partial charge in [-0.25, -0.2) is 0 Å². The van der Waals surface area contributed by atoms with Crippen LogP contribution in [0.5, 0.6) is 5.75 Å². The van der Waals surface area contributed by atoms with Crippen molar-refractivity contribution in [3.63, 3.8) is 0 Å². The number of aliphatic hydroxyl groups is 1. The van der Waals surface area contributed by atoms with Crippen molar-refractivity contribution >= 4 is 29.1 Å². The fourth-order valence-electron chi connectivity index (χ4n) is 4.02. The highest BCUT2D eigenvalue weighted by atomic mass is 35.5. The van der Waals surface area contributed by atoms with E-state index in [1.807, 2.05) is 30.3 Å². The fraction of sp³-hybridized carbons (Fsp3) is 0.304. The van der Waals surface area contributed by atoms with Crippen LogP contribution in [0.15, 0.2) is 54.1 Å². The number of hydrogen-bond acceptors (Lipinski definition) is 5. The molecule has 0 aromatic heterocycles. The van der Waals surface area contributed by atoms with E-state index >= 15 is 0 Å². The largest absolute Gasteiger partial charge is 0.507 e. The second kappa shape index (κ2) is 8.50. The number of amides is 1. The van der Waals surface area contributed by atoms with Gasteiger partial charge in [0.05, 0.1) is 29.9 Å². The molecule has 0 bridgehead atoms. The van der Waals surface area contributed by atoms with Crippen LogP contribution in [-0.4, -0.2) is 48.1 Å². The standard InChI is InChI=1S/C23H22ClNO5/c1-29-18-12-15(9-10-17(18)24)21(26)19-20(14-6-3-2-4-7-14)25(23(28)22(19)27)13-16-8-5-11-30-16/h2-4,6-7,9-10,12,16,20,26H,5,8,11,13H2,1H3/b21-19-. The Morgan fingerprint density at radius 2 is 2.00 bits per heavy atom. The van der Waals surface area contributed by atoms with Gasteiger partial charge in [-0.1, -0.05) is 41.9 Å². The number of ether oxygens (including phenoxy) is 2. The Morgan fingerprint density at radius 3 is 2.67 bits per heavy atom. The first-order valence-corrected chi connectivity index (χ1v) is 10.2. The average molecular weight is 428 g/mol. The van der Waals surface area contributed by atoms with E-state index in [4.69, 9.17) is 21.1 Å². The fourth-order valence-corrected chi connectivity index (χ4v) is 4.22. The van der Waals surface area contributed by atoms with Gasteiger partial charge in [-0.15, -0.1) is 0 Å². The maximum atomic E-state index is 13.0. The Morgan fingerprint density at radius 1 is 1.23 bits per heavy atom. The lowest BCUT2D eigenvalue weighted by Crippen LogP contribution is -2.36. The van der Waals surface area contributed by atoms with Crippen molar-refractivity contribution in [3.05, 3.63) is 70.3 Å². The number of Topliss-reactive ketones (excluding diaryl/α,β-unsaturated/α-hetero) is 1. The third-order valence-electron chi connectivity index (χ3n) is 5.50. The molecule has 0 saturated carbocycles. The first kappa shape index (κ1) is 20.4. The van der Waals surface area contributed by atoms with Crippen LogP contribution in [0.3, 0.4) is 0 Å². The van der Waals surface area contributed by atoms with Gasteiger partial charge < -0.3 is 19.5 Å². The van der Waals surface area contributed by atoms with Gasteiger partial charge in [-0.05, 0) is 36.6 Å². The van der Waals surface area contributed by atoms with Gasteiger partial charge >= 0.3 is 0 Å². The zero-order valence-electron chi connectivity index (χ0n) is 16.5. The maximum Gasteiger partial charge on any atom is 0.295 e. The third kappa shape index (κ3) is 3.68. The molecule has 1 N–H and O–H groups in total. The van der Waals surface area contributed by atoms with E-state index in [2.05, 4.69) is 0 Å². The summed E-state index contributed by atoms with van der Waals surface area (Å²) in [6, 6.07) is 13.2. The number of halogens is 1. The number of hydrogen-bond donors (Lipinski definition) is 1. The minimum atomic E-state index is -0.715. The quantitative estimate of drug-likeness (QED) is 0.444. The number of carbonyl (C=O) groups excluding carboxylic acids is 2. The minimum absolute atomic E-state index is 0.0496. The topological polar surface area (TPSA) is 76.1 Å². The third-order valence-corrected chi connectivity index (χ3v) is 5.82. The average Bonchev–Trinajstić information content (AvgIpc) is 3.36. The molecule has 0 aliphatic carbocycles. The molecule has 2 aromatic carbocycles. The van der Waals surface area contributed by atoms with Crippen molar-refractivity contribution in [3.8, 4) is 5.75 Å². The molecule has 2 saturated heterocycles. The summed E-state index contributed by atoms with van der Waals surface area (Å²) in [7, 11) is 1.47. The van der Waals surface area contributed by atoms with E-state index in [9.17, 15) is 14.7 Å². The summed E-state index contributed by atoms with van der Waals surface area (Å²) in [5.74, 6) is -1.24. The molecule has 0 spiro atoms. The first-order valence-electron chi connectivity index (χ1n) is 9.80. The molecule has 1 amide bonds. The second-order valence-corrected chi connectivity index (χ2v) is 7.75. The molecule has 2 aliphatic rings. The van der Waals surface area contributed by atoms with Crippen molar-refractivity contribution in [2.45, 2.75) is 25.0 Å². The summed E-state index contributed by atoms with van der Waals surface area (Å²) >= 11 is 6.09. The maximum absolute atomic E-state index is 13.0. The van der Waals surface area contributed by atoms with Crippen molar-refractivity contribution in [1.82, 2.24) is 4.90 Å². The minimum Gasteiger partial charge on any atom is -0.507 e. The Bertz CT molecular complexity index is 998. The van der Waals surface area contributed by atoms with Crippen molar-refractivity contribution in [2.24, 2.45) is 0 Å². The molecule has 30 heavy (non-hydrogen) atoms. The van der Waals surface area contributed by atoms with E-state index in [1.165, 1.54) is 12.0 Å². The normalized spacial score (nSPS) is 23.2. The number of rotatable bonds is 5. The number of aliphatic hydroxyl groups excluding tert-OH is 1. The zero-order chi connectivity index (χ0) is 21.3. The van der Waals surface area contributed by atoms with Crippen molar-refractivity contribution < 1.29 is 24.2 Å². The van der Waals surface area contributed by atoms with Crippen LogP contribution in [0.2, 0.25) is 5.02 Å². The van der Waals surface area contributed by atoms with Crippen LogP contribution in [0.4, 0.5) is 0 Å². The number of likely N-dealkylation sites (tertiary alicyclic amines) is 1. The predicted molar refractivity (Wildman–Crippen MR) is 112 cm³/mol. The summed E-state index contributed by atoms with van der Waals surface area (Å²) < 4.78 is 10.9. The van der Waals surface area contributed by atoms with Gasteiger partial charge in [0.2, 0.25) is 0 Å². The lowest BCUT2D eigenvalue weighted by Gasteiger charge is -2.27. The van der Waals surface area contributed by atoms with Crippen LogP contribution in [-0.2, 0) is 14.3 Å². The predicted octanol–water partition coefficient (Wildman–Crippen LogP) is 3.95. The van der Waals surface area contributed by atoms with Gasteiger partial charge in [0, 0.05) is 18.7 Å². The van der Waals surface area contributed by atoms with E-state index in [1.54, 1.807) is 18.2 Å². The van der Waals surface area contributed by atoms with Crippen LogP contribution in [0.1, 0.15) is 30.0 Å².